The smallest absolute Gasteiger partial charge is 0.180 e. The molecule has 0 aliphatic rings. The van der Waals surface area contributed by atoms with Crippen LogP contribution in [0.3, 0.4) is 0 Å². The number of fused-ring (bicyclic) bond motifs is 3. The summed E-state index contributed by atoms with van der Waals surface area (Å²) in [6.45, 7) is 4.22. The predicted molar refractivity (Wildman–Crippen MR) is 74.2 cm³/mol. The fourth-order valence-electron chi connectivity index (χ4n) is 2.30. The molecule has 0 saturated carbocycles. The summed E-state index contributed by atoms with van der Waals surface area (Å²) in [4.78, 5) is 0. The summed E-state index contributed by atoms with van der Waals surface area (Å²) in [6.07, 6.45) is 1.01. The summed E-state index contributed by atoms with van der Waals surface area (Å²) in [5.41, 5.74) is 2.52. The molecule has 86 valence electrons. The number of rotatable bonds is 1. The van der Waals surface area contributed by atoms with Crippen molar-refractivity contribution in [2.75, 3.05) is 0 Å². The van der Waals surface area contributed by atoms with E-state index in [-0.39, 0.29) is 0 Å². The van der Waals surface area contributed by atoms with Crippen LogP contribution in [0.2, 0.25) is 0 Å². The van der Waals surface area contributed by atoms with Crippen molar-refractivity contribution in [1.29, 1.82) is 0 Å². The molecule has 2 aromatic carbocycles. The van der Waals surface area contributed by atoms with Gasteiger partial charge in [0, 0.05) is 10.8 Å². The minimum Gasteiger partial charge on any atom is -0.590 e. The zero-order valence-corrected chi connectivity index (χ0v) is 10.8. The Kier molecular flexibility index (Phi) is 2.42. The Labute approximate surface area is 104 Å². The lowest BCUT2D eigenvalue weighted by atomic mass is 10.1. The molecule has 0 fully saturated rings. The highest BCUT2D eigenvalue weighted by molar-refractivity contribution is 7.37. The van der Waals surface area contributed by atoms with E-state index in [9.17, 15) is 4.55 Å². The van der Waals surface area contributed by atoms with Crippen LogP contribution in [0.1, 0.15) is 18.1 Å². The Hall–Kier alpha value is -1.38. The molecule has 1 atom stereocenters. The van der Waals surface area contributed by atoms with Crippen LogP contribution >= 0.6 is 10.8 Å². The van der Waals surface area contributed by atoms with E-state index in [0.717, 1.165) is 26.6 Å². The van der Waals surface area contributed by atoms with Gasteiger partial charge in [0.05, 0.1) is 0 Å². The molecule has 1 heterocycles. The molecule has 0 N–H and O–H groups in total. The van der Waals surface area contributed by atoms with E-state index in [1.54, 1.807) is 0 Å². The van der Waals surface area contributed by atoms with E-state index < -0.39 is 10.8 Å². The van der Waals surface area contributed by atoms with E-state index in [4.69, 9.17) is 0 Å². The molecule has 2 heteroatoms. The third-order valence-corrected chi connectivity index (χ3v) is 4.79. The minimum absolute atomic E-state index is 0.957. The van der Waals surface area contributed by atoms with Crippen molar-refractivity contribution >= 4 is 30.9 Å². The molecule has 3 aromatic rings. The standard InChI is InChI=1S/C15H14OS/c1-3-11-5-7-15-13(9-11)12-8-10(2)4-6-14(12)17(15)16/h4-9H,3H2,1-2H3. The van der Waals surface area contributed by atoms with Gasteiger partial charge in [-0.3, -0.25) is 0 Å². The molecule has 3 rings (SSSR count). The van der Waals surface area contributed by atoms with Crippen LogP contribution in [0.15, 0.2) is 36.4 Å². The van der Waals surface area contributed by atoms with Gasteiger partial charge < -0.3 is 4.55 Å². The van der Waals surface area contributed by atoms with Gasteiger partial charge in [-0.25, -0.2) is 0 Å². The third-order valence-electron chi connectivity index (χ3n) is 3.28. The summed E-state index contributed by atoms with van der Waals surface area (Å²) >= 11 is 0. The van der Waals surface area contributed by atoms with Gasteiger partial charge in [-0.05, 0) is 53.9 Å². The van der Waals surface area contributed by atoms with Crippen LogP contribution in [0.4, 0.5) is 0 Å². The molecule has 0 spiro atoms. The van der Waals surface area contributed by atoms with Crippen LogP contribution < -0.4 is 0 Å². The monoisotopic (exact) mass is 242 g/mol. The second kappa shape index (κ2) is 3.83. The second-order valence-corrected chi connectivity index (χ2v) is 5.87. The first kappa shape index (κ1) is 10.8. The van der Waals surface area contributed by atoms with E-state index in [2.05, 4.69) is 32.0 Å². The average molecular weight is 242 g/mol. The van der Waals surface area contributed by atoms with Gasteiger partial charge in [0.15, 0.2) is 9.40 Å². The van der Waals surface area contributed by atoms with Gasteiger partial charge in [0.2, 0.25) is 0 Å². The zero-order chi connectivity index (χ0) is 12.0. The highest BCUT2D eigenvalue weighted by Crippen LogP contribution is 2.40. The molecular weight excluding hydrogens is 228 g/mol. The van der Waals surface area contributed by atoms with E-state index in [1.165, 1.54) is 11.1 Å². The second-order valence-electron chi connectivity index (χ2n) is 4.45. The maximum Gasteiger partial charge on any atom is 0.180 e. The Morgan fingerprint density at radius 3 is 2.35 bits per heavy atom. The molecule has 1 nitrogen and oxygen atoms in total. The van der Waals surface area contributed by atoms with E-state index in [0.29, 0.717) is 0 Å². The van der Waals surface area contributed by atoms with Gasteiger partial charge >= 0.3 is 0 Å². The number of aryl methyl sites for hydroxylation is 2. The number of hydrogen-bond acceptors (Lipinski definition) is 1. The first-order valence-electron chi connectivity index (χ1n) is 5.86. The van der Waals surface area contributed by atoms with Crippen molar-refractivity contribution in [3.05, 3.63) is 47.5 Å². The Balaban J connectivity index is 2.51. The van der Waals surface area contributed by atoms with Crippen molar-refractivity contribution in [3.8, 4) is 0 Å². The van der Waals surface area contributed by atoms with Gasteiger partial charge in [-0.2, -0.15) is 0 Å². The number of hydrogen-bond donors (Lipinski definition) is 0. The van der Waals surface area contributed by atoms with Crippen molar-refractivity contribution in [2.24, 2.45) is 0 Å². The minimum atomic E-state index is -0.991. The molecule has 1 aromatic heterocycles. The molecule has 0 saturated heterocycles. The summed E-state index contributed by atoms with van der Waals surface area (Å²) in [5.74, 6) is 0. The first-order chi connectivity index (χ1) is 8.20. The molecule has 17 heavy (non-hydrogen) atoms. The topological polar surface area (TPSA) is 23.1 Å². The van der Waals surface area contributed by atoms with Crippen LogP contribution in [-0.2, 0) is 6.42 Å². The van der Waals surface area contributed by atoms with Gasteiger partial charge in [0.1, 0.15) is 0 Å². The number of benzene rings is 2. The number of thiophene rings is 1. The third kappa shape index (κ3) is 1.56. The van der Waals surface area contributed by atoms with E-state index >= 15 is 0 Å². The van der Waals surface area contributed by atoms with Gasteiger partial charge in [-0.1, -0.05) is 24.6 Å². The summed E-state index contributed by atoms with van der Waals surface area (Å²) in [5, 5.41) is 2.30. The predicted octanol–water partition coefficient (Wildman–Crippen LogP) is 4.59. The zero-order valence-electron chi connectivity index (χ0n) is 9.99. The largest absolute Gasteiger partial charge is 0.590 e. The molecule has 0 radical (unpaired) electrons. The lowest BCUT2D eigenvalue weighted by Gasteiger charge is -1.95. The van der Waals surface area contributed by atoms with Crippen molar-refractivity contribution in [2.45, 2.75) is 20.3 Å². The Morgan fingerprint density at radius 1 is 1.00 bits per heavy atom. The summed E-state index contributed by atoms with van der Waals surface area (Å²) in [7, 11) is -0.991. The highest BCUT2D eigenvalue weighted by Gasteiger charge is 2.15. The van der Waals surface area contributed by atoms with Crippen LogP contribution in [-0.4, -0.2) is 4.55 Å². The fourth-order valence-corrected chi connectivity index (χ4v) is 3.66. The van der Waals surface area contributed by atoms with Crippen LogP contribution in [0.5, 0.6) is 0 Å². The highest BCUT2D eigenvalue weighted by atomic mass is 32.2. The molecule has 1 unspecified atom stereocenters. The quantitative estimate of drug-likeness (QED) is 0.572. The normalized spacial score (nSPS) is 12.5. The molecule has 0 aliphatic heterocycles. The van der Waals surface area contributed by atoms with Gasteiger partial charge in [0.25, 0.3) is 0 Å². The average Bonchev–Trinajstić information content (AvgIpc) is 2.62. The van der Waals surface area contributed by atoms with Crippen LogP contribution in [0, 0.1) is 6.92 Å². The Morgan fingerprint density at radius 2 is 1.65 bits per heavy atom. The van der Waals surface area contributed by atoms with Crippen LogP contribution in [0.25, 0.3) is 20.2 Å². The lowest BCUT2D eigenvalue weighted by molar-refractivity contribution is 0.602. The first-order valence-corrected chi connectivity index (χ1v) is 7.01. The summed E-state index contributed by atoms with van der Waals surface area (Å²) in [6, 6.07) is 12.4. The van der Waals surface area contributed by atoms with Crippen molar-refractivity contribution in [1.82, 2.24) is 0 Å². The maximum atomic E-state index is 12.3. The SMILES string of the molecule is CCc1ccc2c(c1)c1cc(C)ccc1[s+]2[O-]. The lowest BCUT2D eigenvalue weighted by Crippen LogP contribution is -1.77. The van der Waals surface area contributed by atoms with Crippen molar-refractivity contribution < 1.29 is 4.55 Å². The maximum absolute atomic E-state index is 12.3. The Bertz CT molecular complexity index is 710. The molecule has 0 amide bonds. The van der Waals surface area contributed by atoms with E-state index in [1.807, 2.05) is 18.2 Å². The fraction of sp³-hybridized carbons (Fsp3) is 0.200. The summed E-state index contributed by atoms with van der Waals surface area (Å²) < 4.78 is 14.2. The van der Waals surface area contributed by atoms with Gasteiger partial charge in [-0.15, -0.1) is 0 Å². The van der Waals surface area contributed by atoms with Crippen molar-refractivity contribution in [3.63, 3.8) is 0 Å². The molecule has 0 aliphatic carbocycles. The molecule has 0 bridgehead atoms. The molecular formula is C15H14OS.